The third kappa shape index (κ3) is 2.87. The summed E-state index contributed by atoms with van der Waals surface area (Å²) in [6, 6.07) is 5.15. The molecule has 0 bridgehead atoms. The van der Waals surface area contributed by atoms with E-state index >= 15 is 0 Å². The van der Waals surface area contributed by atoms with Crippen LogP contribution in [0, 0.1) is 0 Å². The van der Waals surface area contributed by atoms with Gasteiger partial charge in [-0.15, -0.1) is 0 Å². The molecule has 1 aliphatic rings. The van der Waals surface area contributed by atoms with Gasteiger partial charge in [0, 0.05) is 12.2 Å². The number of hydrogen-bond acceptors (Lipinski definition) is 4. The van der Waals surface area contributed by atoms with Gasteiger partial charge in [0.05, 0.1) is 11.1 Å². The summed E-state index contributed by atoms with van der Waals surface area (Å²) < 4.78 is 26.2. The first kappa shape index (κ1) is 15.0. The first-order valence-corrected chi connectivity index (χ1v) is 8.24. The Balaban J connectivity index is 2.54. The second-order valence-corrected chi connectivity index (χ2v) is 6.71. The molecular formula is C14H21N3O2S. The van der Waals surface area contributed by atoms with E-state index in [0.717, 1.165) is 30.6 Å². The Hall–Kier alpha value is -1.37. The number of rotatable bonds is 4. The van der Waals surface area contributed by atoms with Gasteiger partial charge in [-0.2, -0.15) is 0 Å². The van der Waals surface area contributed by atoms with Crippen LogP contribution in [0.15, 0.2) is 29.2 Å². The van der Waals surface area contributed by atoms with Gasteiger partial charge < -0.3 is 10.6 Å². The Bertz CT molecular complexity index is 611. The maximum Gasteiger partial charge on any atom is 0.240 e. The molecule has 0 spiro atoms. The summed E-state index contributed by atoms with van der Waals surface area (Å²) in [5.41, 5.74) is 8.06. The molecule has 1 aromatic rings. The molecule has 6 heteroatoms. The summed E-state index contributed by atoms with van der Waals surface area (Å²) in [6.07, 6.45) is 5.62. The number of sulfonamides is 1. The van der Waals surface area contributed by atoms with Crippen LogP contribution < -0.4 is 15.4 Å². The number of nitrogens with zero attached hydrogens (tertiary/aromatic N) is 1. The van der Waals surface area contributed by atoms with Crippen LogP contribution in [-0.4, -0.2) is 28.2 Å². The average molecular weight is 295 g/mol. The molecule has 3 N–H and O–H groups in total. The summed E-state index contributed by atoms with van der Waals surface area (Å²) in [4.78, 5) is 2.34. The van der Waals surface area contributed by atoms with Gasteiger partial charge >= 0.3 is 0 Å². The third-order valence-corrected chi connectivity index (χ3v) is 4.84. The van der Waals surface area contributed by atoms with E-state index in [-0.39, 0.29) is 11.1 Å². The minimum absolute atomic E-state index is 0.125. The van der Waals surface area contributed by atoms with Gasteiger partial charge in [0.15, 0.2) is 0 Å². The highest BCUT2D eigenvalue weighted by atomic mass is 32.2. The van der Waals surface area contributed by atoms with Crippen LogP contribution in [-0.2, 0) is 10.0 Å². The zero-order chi connectivity index (χ0) is 14.8. The van der Waals surface area contributed by atoms with Crippen molar-refractivity contribution in [1.82, 2.24) is 4.72 Å². The van der Waals surface area contributed by atoms with Crippen LogP contribution in [0.1, 0.15) is 25.3 Å². The highest BCUT2D eigenvalue weighted by Crippen LogP contribution is 2.29. The molecule has 2 rings (SSSR count). The van der Waals surface area contributed by atoms with Crippen molar-refractivity contribution < 1.29 is 8.42 Å². The summed E-state index contributed by atoms with van der Waals surface area (Å²) in [5.74, 6) is 0. The van der Waals surface area contributed by atoms with Crippen LogP contribution >= 0.6 is 0 Å². The monoisotopic (exact) mass is 295 g/mol. The highest BCUT2D eigenvalue weighted by molar-refractivity contribution is 7.89. The molecule has 5 nitrogen and oxygen atoms in total. The van der Waals surface area contributed by atoms with E-state index in [9.17, 15) is 8.42 Å². The van der Waals surface area contributed by atoms with E-state index in [1.165, 1.54) is 7.05 Å². The largest absolute Gasteiger partial charge is 0.355 e. The Morgan fingerprint density at radius 3 is 2.85 bits per heavy atom. The molecule has 1 heterocycles. The molecule has 1 aromatic carbocycles. The van der Waals surface area contributed by atoms with Gasteiger partial charge in [0.2, 0.25) is 10.0 Å². The van der Waals surface area contributed by atoms with Crippen LogP contribution in [0.3, 0.4) is 0 Å². The fraction of sp³-hybridized carbons (Fsp3) is 0.429. The average Bonchev–Trinajstić information content (AvgIpc) is 2.59. The fourth-order valence-corrected chi connectivity index (χ4v) is 3.12. The number of nitrogens with one attached hydrogen (secondary N) is 1. The Morgan fingerprint density at radius 1 is 1.45 bits per heavy atom. The molecule has 0 saturated carbocycles. The minimum Gasteiger partial charge on any atom is -0.355 e. The molecular weight excluding hydrogens is 274 g/mol. The summed E-state index contributed by atoms with van der Waals surface area (Å²) in [6.45, 7) is 2.89. The topological polar surface area (TPSA) is 75.4 Å². The molecule has 110 valence electrons. The van der Waals surface area contributed by atoms with Crippen molar-refractivity contribution in [2.24, 2.45) is 5.73 Å². The lowest BCUT2D eigenvalue weighted by Crippen LogP contribution is -2.42. The van der Waals surface area contributed by atoms with Crippen molar-refractivity contribution in [1.29, 1.82) is 0 Å². The van der Waals surface area contributed by atoms with Crippen molar-refractivity contribution in [3.8, 4) is 0 Å². The lowest BCUT2D eigenvalue weighted by molar-refractivity contribution is 0.587. The van der Waals surface area contributed by atoms with Crippen molar-refractivity contribution in [3.05, 3.63) is 29.8 Å². The number of benzene rings is 1. The molecule has 1 atom stereocenters. The SMILES string of the molecule is CCCN1c2cc(S(=O)(=O)NC)ccc2C=CCC1N. The van der Waals surface area contributed by atoms with Gasteiger partial charge in [-0.3, -0.25) is 0 Å². The van der Waals surface area contributed by atoms with E-state index in [4.69, 9.17) is 5.73 Å². The molecule has 0 amide bonds. The maximum absolute atomic E-state index is 11.9. The third-order valence-electron chi connectivity index (χ3n) is 3.43. The summed E-state index contributed by atoms with van der Waals surface area (Å²) in [7, 11) is -2.03. The smallest absolute Gasteiger partial charge is 0.240 e. The normalized spacial score (nSPS) is 18.8. The predicted molar refractivity (Wildman–Crippen MR) is 82.0 cm³/mol. The van der Waals surface area contributed by atoms with Crippen molar-refractivity contribution in [2.75, 3.05) is 18.5 Å². The fourth-order valence-electron chi connectivity index (χ4n) is 2.37. The number of fused-ring (bicyclic) bond motifs is 1. The highest BCUT2D eigenvalue weighted by Gasteiger charge is 2.21. The van der Waals surface area contributed by atoms with Crippen LogP contribution in [0.5, 0.6) is 0 Å². The van der Waals surface area contributed by atoms with E-state index in [2.05, 4.69) is 16.5 Å². The first-order valence-electron chi connectivity index (χ1n) is 6.76. The first-order chi connectivity index (χ1) is 9.49. The minimum atomic E-state index is -3.44. The molecule has 0 radical (unpaired) electrons. The molecule has 20 heavy (non-hydrogen) atoms. The van der Waals surface area contributed by atoms with Crippen LogP contribution in [0.2, 0.25) is 0 Å². The van der Waals surface area contributed by atoms with Crippen LogP contribution in [0.25, 0.3) is 6.08 Å². The van der Waals surface area contributed by atoms with Gasteiger partial charge in [0.25, 0.3) is 0 Å². The Kier molecular flexibility index (Phi) is 4.47. The van der Waals surface area contributed by atoms with Crippen LogP contribution in [0.4, 0.5) is 5.69 Å². The molecule has 0 aliphatic carbocycles. The lowest BCUT2D eigenvalue weighted by Gasteiger charge is -2.30. The molecule has 0 saturated heterocycles. The second kappa shape index (κ2) is 5.95. The van der Waals surface area contributed by atoms with Crippen molar-refractivity contribution >= 4 is 21.8 Å². The number of anilines is 1. The van der Waals surface area contributed by atoms with Crippen molar-refractivity contribution in [3.63, 3.8) is 0 Å². The lowest BCUT2D eigenvalue weighted by atomic mass is 10.1. The van der Waals surface area contributed by atoms with E-state index in [0.29, 0.717) is 0 Å². The Labute approximate surface area is 120 Å². The van der Waals surface area contributed by atoms with Gasteiger partial charge in [-0.05, 0) is 37.6 Å². The summed E-state index contributed by atoms with van der Waals surface area (Å²) in [5, 5.41) is 0. The van der Waals surface area contributed by atoms with Crippen molar-refractivity contribution in [2.45, 2.75) is 30.8 Å². The molecule has 1 unspecified atom stereocenters. The van der Waals surface area contributed by atoms with E-state index in [1.54, 1.807) is 12.1 Å². The standard InChI is InChI=1S/C14H21N3O2S/c1-3-9-17-13-10-12(20(18,19)16-2)8-7-11(13)5-4-6-14(17)15/h4-5,7-8,10,14,16H,3,6,9,15H2,1-2H3. The molecule has 1 aliphatic heterocycles. The summed E-state index contributed by atoms with van der Waals surface area (Å²) >= 11 is 0. The molecule has 0 fully saturated rings. The number of hydrogen-bond donors (Lipinski definition) is 2. The van der Waals surface area contributed by atoms with E-state index in [1.807, 2.05) is 18.2 Å². The number of nitrogens with two attached hydrogens (primary N) is 1. The maximum atomic E-state index is 11.9. The zero-order valence-corrected chi connectivity index (χ0v) is 12.7. The Morgan fingerprint density at radius 2 is 2.20 bits per heavy atom. The van der Waals surface area contributed by atoms with Gasteiger partial charge in [-0.1, -0.05) is 25.1 Å². The predicted octanol–water partition coefficient (Wildman–Crippen LogP) is 1.51. The van der Waals surface area contributed by atoms with Gasteiger partial charge in [-0.25, -0.2) is 13.1 Å². The molecule has 0 aromatic heterocycles. The van der Waals surface area contributed by atoms with Gasteiger partial charge in [0.1, 0.15) is 0 Å². The zero-order valence-electron chi connectivity index (χ0n) is 11.8. The van der Waals surface area contributed by atoms with E-state index < -0.39 is 10.0 Å². The quantitative estimate of drug-likeness (QED) is 0.883. The second-order valence-electron chi connectivity index (χ2n) is 4.83.